The number of carbonyl (C=O) groups excluding carboxylic acids is 2. The fourth-order valence-electron chi connectivity index (χ4n) is 2.09. The van der Waals surface area contributed by atoms with Crippen LogP contribution in [0.3, 0.4) is 0 Å². The third-order valence-electron chi connectivity index (χ3n) is 3.13. The largest absolute Gasteiger partial charge is 2.00 e. The van der Waals surface area contributed by atoms with Crippen molar-refractivity contribution in [3.05, 3.63) is 0 Å². The summed E-state index contributed by atoms with van der Waals surface area (Å²) in [4.78, 5) is 24.9. The third kappa shape index (κ3) is 10.6. The maximum atomic E-state index is 10.7. The Morgan fingerprint density at radius 2 is 1.14 bits per heavy atom. The molecule has 0 atom stereocenters. The summed E-state index contributed by atoms with van der Waals surface area (Å²) in [5.74, 6) is -2.24. The van der Waals surface area contributed by atoms with E-state index in [4.69, 9.17) is 0 Å². The van der Waals surface area contributed by atoms with Crippen LogP contribution in [0.25, 0.3) is 0 Å². The maximum absolute atomic E-state index is 10.7. The summed E-state index contributed by atoms with van der Waals surface area (Å²) in [5.41, 5.74) is 0. The van der Waals surface area contributed by atoms with Crippen molar-refractivity contribution in [2.45, 2.75) is 0 Å². The average Bonchev–Trinajstić information content (AvgIpc) is 2.34. The summed E-state index contributed by atoms with van der Waals surface area (Å²) in [6.45, 7) is 4.84. The topological polar surface area (TPSA) is 111 Å². The minimum absolute atomic E-state index is 0. The Hall–Kier alpha value is -0.701. The fraction of sp³-hybridized carbons (Fsp3) is 0.833. The van der Waals surface area contributed by atoms with Crippen molar-refractivity contribution in [1.82, 2.24) is 20.4 Å². The van der Waals surface area contributed by atoms with Crippen LogP contribution in [0.4, 0.5) is 0 Å². The molecule has 0 unspecified atom stereocenters. The van der Waals surface area contributed by atoms with Crippen molar-refractivity contribution in [3.8, 4) is 0 Å². The molecule has 0 spiro atoms. The molecule has 1 heterocycles. The number of aliphatic carboxylic acids is 2. The van der Waals surface area contributed by atoms with E-state index in [9.17, 15) is 19.8 Å². The standard InChI is InChI=1S/C12H24N4O4.Mn/c17-11(18)9-15-5-3-13-1-2-14-4-6-16(8-7-15)10-12(19)20;/h13-14H,1-10H2,(H,17,18)(H,19,20);/q;+2/p-2. The number of carbonyl (C=O) groups is 2. The number of carboxylic acids is 2. The molecule has 0 aromatic heterocycles. The Balaban J connectivity index is 0.00000400. The van der Waals surface area contributed by atoms with Gasteiger partial charge in [0.15, 0.2) is 0 Å². The molecule has 1 saturated heterocycles. The summed E-state index contributed by atoms with van der Waals surface area (Å²) >= 11 is 0. The minimum atomic E-state index is -1.12. The van der Waals surface area contributed by atoms with Gasteiger partial charge in [-0.25, -0.2) is 0 Å². The third-order valence-corrected chi connectivity index (χ3v) is 3.13. The van der Waals surface area contributed by atoms with E-state index in [2.05, 4.69) is 10.6 Å². The van der Waals surface area contributed by atoms with Gasteiger partial charge >= 0.3 is 17.1 Å². The molecule has 0 amide bonds. The molecule has 0 saturated carbocycles. The van der Waals surface area contributed by atoms with E-state index in [-0.39, 0.29) is 30.2 Å². The molecule has 2 N–H and O–H groups in total. The summed E-state index contributed by atoms with van der Waals surface area (Å²) < 4.78 is 0. The molecule has 8 nitrogen and oxygen atoms in total. The van der Waals surface area contributed by atoms with Crippen LogP contribution >= 0.6 is 0 Å². The first-order valence-corrected chi connectivity index (χ1v) is 6.84. The summed E-state index contributed by atoms with van der Waals surface area (Å²) in [5, 5.41) is 27.8. The zero-order valence-electron chi connectivity index (χ0n) is 12.0. The molecule has 21 heavy (non-hydrogen) atoms. The van der Waals surface area contributed by atoms with Gasteiger partial charge in [0.05, 0.1) is 11.9 Å². The van der Waals surface area contributed by atoms with Crippen LogP contribution in [0.1, 0.15) is 0 Å². The number of hydrogen-bond donors (Lipinski definition) is 2. The fourth-order valence-corrected chi connectivity index (χ4v) is 2.09. The molecular formula is C12H22MnN4O4. The van der Waals surface area contributed by atoms with Gasteiger partial charge in [-0.05, 0) is 0 Å². The molecule has 121 valence electrons. The van der Waals surface area contributed by atoms with Crippen LogP contribution in [0.2, 0.25) is 0 Å². The Labute approximate surface area is 135 Å². The van der Waals surface area contributed by atoms with Crippen molar-refractivity contribution in [3.63, 3.8) is 0 Å². The molecule has 1 aliphatic rings. The smallest absolute Gasteiger partial charge is 0.549 e. The second-order valence-electron chi connectivity index (χ2n) is 4.80. The summed E-state index contributed by atoms with van der Waals surface area (Å²) in [6.07, 6.45) is 0. The minimum Gasteiger partial charge on any atom is -0.549 e. The second-order valence-corrected chi connectivity index (χ2v) is 4.80. The zero-order chi connectivity index (χ0) is 14.8. The predicted octanol–water partition coefficient (Wildman–Crippen LogP) is -4.72. The average molecular weight is 341 g/mol. The molecule has 1 aliphatic heterocycles. The van der Waals surface area contributed by atoms with Gasteiger partial charge in [0.1, 0.15) is 0 Å². The number of nitrogens with one attached hydrogen (secondary N) is 2. The SMILES string of the molecule is O=C([O-])CN1CCNCCNCCN(CC(=O)[O-])CC1.[Mn+2]. The van der Waals surface area contributed by atoms with E-state index in [0.717, 1.165) is 13.1 Å². The molecule has 1 fully saturated rings. The van der Waals surface area contributed by atoms with E-state index in [1.165, 1.54) is 0 Å². The summed E-state index contributed by atoms with van der Waals surface area (Å²) in [7, 11) is 0. The second kappa shape index (κ2) is 11.9. The van der Waals surface area contributed by atoms with Gasteiger partial charge in [0.2, 0.25) is 0 Å². The van der Waals surface area contributed by atoms with Crippen molar-refractivity contribution in [2.24, 2.45) is 0 Å². The molecule has 0 bridgehead atoms. The van der Waals surface area contributed by atoms with E-state index >= 15 is 0 Å². The Bertz CT molecular complexity index is 290. The van der Waals surface area contributed by atoms with E-state index < -0.39 is 11.9 Å². The van der Waals surface area contributed by atoms with Crippen LogP contribution in [-0.4, -0.2) is 87.2 Å². The van der Waals surface area contributed by atoms with Crippen molar-refractivity contribution in [2.75, 3.05) is 65.4 Å². The van der Waals surface area contributed by atoms with Gasteiger partial charge in [0.25, 0.3) is 0 Å². The van der Waals surface area contributed by atoms with Crippen LogP contribution in [0.5, 0.6) is 0 Å². The summed E-state index contributed by atoms with van der Waals surface area (Å²) in [6, 6.07) is 0. The zero-order valence-corrected chi connectivity index (χ0v) is 13.2. The van der Waals surface area contributed by atoms with Crippen LogP contribution in [-0.2, 0) is 26.7 Å². The van der Waals surface area contributed by atoms with Gasteiger partial charge in [-0.15, -0.1) is 0 Å². The number of rotatable bonds is 4. The van der Waals surface area contributed by atoms with Crippen molar-refractivity contribution >= 4 is 11.9 Å². The first-order chi connectivity index (χ1) is 9.58. The molecule has 0 aromatic rings. The monoisotopic (exact) mass is 341 g/mol. The van der Waals surface area contributed by atoms with Gasteiger partial charge in [-0.1, -0.05) is 0 Å². The maximum Gasteiger partial charge on any atom is 2.00 e. The van der Waals surface area contributed by atoms with Gasteiger partial charge in [0, 0.05) is 65.4 Å². The first-order valence-electron chi connectivity index (χ1n) is 6.84. The Kier molecular flexibility index (Phi) is 11.5. The van der Waals surface area contributed by atoms with Gasteiger partial charge in [-0.3, -0.25) is 9.80 Å². The van der Waals surface area contributed by atoms with Crippen LogP contribution < -0.4 is 20.8 Å². The van der Waals surface area contributed by atoms with Crippen molar-refractivity contribution in [1.29, 1.82) is 0 Å². The number of hydrogen-bond acceptors (Lipinski definition) is 8. The molecule has 1 rings (SSSR count). The molecule has 9 heteroatoms. The first kappa shape index (κ1) is 20.3. The normalized spacial score (nSPS) is 19.8. The number of carboxylic acid groups (broad SMARTS) is 2. The Morgan fingerprint density at radius 3 is 1.48 bits per heavy atom. The van der Waals surface area contributed by atoms with Gasteiger partial charge in [-0.2, -0.15) is 0 Å². The van der Waals surface area contributed by atoms with Crippen molar-refractivity contribution < 1.29 is 36.9 Å². The van der Waals surface area contributed by atoms with E-state index in [0.29, 0.717) is 39.3 Å². The van der Waals surface area contributed by atoms with E-state index in [1.54, 1.807) is 9.80 Å². The van der Waals surface area contributed by atoms with Gasteiger partial charge < -0.3 is 30.4 Å². The number of nitrogens with zero attached hydrogens (tertiary/aromatic N) is 2. The van der Waals surface area contributed by atoms with E-state index in [1.807, 2.05) is 0 Å². The van der Waals surface area contributed by atoms with Crippen LogP contribution in [0.15, 0.2) is 0 Å². The predicted molar refractivity (Wildman–Crippen MR) is 68.6 cm³/mol. The van der Waals surface area contributed by atoms with Crippen LogP contribution in [0, 0.1) is 0 Å². The molecule has 0 aromatic carbocycles. The molecule has 0 aliphatic carbocycles. The Morgan fingerprint density at radius 1 is 0.762 bits per heavy atom. The molecule has 1 radical (unpaired) electrons. The molecular weight excluding hydrogens is 319 g/mol. The quantitative estimate of drug-likeness (QED) is 0.491.